The van der Waals surface area contributed by atoms with E-state index in [0.717, 1.165) is 15.6 Å². The van der Waals surface area contributed by atoms with Crippen LogP contribution in [0.1, 0.15) is 23.6 Å². The van der Waals surface area contributed by atoms with Gasteiger partial charge in [-0.05, 0) is 54.0 Å². The van der Waals surface area contributed by atoms with Crippen LogP contribution < -0.4 is 9.47 Å². The molecule has 0 heterocycles. The molecule has 0 aliphatic rings. The average Bonchev–Trinajstić information content (AvgIpc) is 2.79. The number of ether oxygens (including phenoxy) is 2. The smallest absolute Gasteiger partial charge is 0.269 e. The molecular formula is C24H19BrN2O4. The summed E-state index contributed by atoms with van der Waals surface area (Å²) in [7, 11) is 0. The minimum atomic E-state index is -0.474. The SMILES string of the molecule is CCOc1cc(/C=C(/C#N)c2ccc([N+](=O)[O-])cc2)c(Br)cc1OCc1ccccc1. The zero-order valence-corrected chi connectivity index (χ0v) is 18.3. The lowest BCUT2D eigenvalue weighted by Crippen LogP contribution is -2.00. The highest BCUT2D eigenvalue weighted by Gasteiger charge is 2.12. The van der Waals surface area contributed by atoms with Gasteiger partial charge in [-0.25, -0.2) is 0 Å². The van der Waals surface area contributed by atoms with Crippen LogP contribution in [0.4, 0.5) is 5.69 Å². The maximum Gasteiger partial charge on any atom is 0.269 e. The second-order valence-electron chi connectivity index (χ2n) is 6.50. The van der Waals surface area contributed by atoms with Gasteiger partial charge in [-0.1, -0.05) is 46.3 Å². The van der Waals surface area contributed by atoms with Gasteiger partial charge in [-0.15, -0.1) is 0 Å². The first-order valence-corrected chi connectivity index (χ1v) is 10.3. The predicted molar refractivity (Wildman–Crippen MR) is 123 cm³/mol. The van der Waals surface area contributed by atoms with Crippen molar-refractivity contribution in [2.75, 3.05) is 6.61 Å². The second-order valence-corrected chi connectivity index (χ2v) is 7.36. The Bertz CT molecular complexity index is 1140. The third-order valence-electron chi connectivity index (χ3n) is 4.41. The first kappa shape index (κ1) is 22.1. The van der Waals surface area contributed by atoms with E-state index in [1.165, 1.54) is 12.1 Å². The van der Waals surface area contributed by atoms with Crippen LogP contribution in [0.2, 0.25) is 0 Å². The quantitative estimate of drug-likeness (QED) is 0.162. The van der Waals surface area contributed by atoms with Crippen molar-refractivity contribution in [3.8, 4) is 17.6 Å². The van der Waals surface area contributed by atoms with E-state index in [1.807, 2.05) is 43.3 Å². The minimum Gasteiger partial charge on any atom is -0.490 e. The molecule has 156 valence electrons. The number of halogens is 1. The van der Waals surface area contributed by atoms with Crippen LogP contribution >= 0.6 is 15.9 Å². The Kier molecular flexibility index (Phi) is 7.41. The molecule has 0 fully saturated rings. The van der Waals surface area contributed by atoms with Gasteiger partial charge in [-0.3, -0.25) is 10.1 Å². The molecular weight excluding hydrogens is 460 g/mol. The summed E-state index contributed by atoms with van der Waals surface area (Å²) in [4.78, 5) is 10.4. The van der Waals surface area contributed by atoms with Gasteiger partial charge in [0, 0.05) is 16.6 Å². The first-order valence-electron chi connectivity index (χ1n) is 9.51. The summed E-state index contributed by atoms with van der Waals surface area (Å²) in [6.45, 7) is 2.74. The fourth-order valence-electron chi connectivity index (χ4n) is 2.88. The van der Waals surface area contributed by atoms with Gasteiger partial charge in [0.25, 0.3) is 5.69 Å². The Morgan fingerprint density at radius 3 is 2.39 bits per heavy atom. The van der Waals surface area contributed by atoms with Crippen molar-refractivity contribution in [1.29, 1.82) is 5.26 Å². The van der Waals surface area contributed by atoms with Crippen LogP contribution in [0.5, 0.6) is 11.5 Å². The molecule has 3 aromatic carbocycles. The van der Waals surface area contributed by atoms with Gasteiger partial charge in [0.2, 0.25) is 0 Å². The Balaban J connectivity index is 1.91. The number of rotatable bonds is 8. The van der Waals surface area contributed by atoms with E-state index in [2.05, 4.69) is 22.0 Å². The van der Waals surface area contributed by atoms with E-state index in [9.17, 15) is 15.4 Å². The highest BCUT2D eigenvalue weighted by Crippen LogP contribution is 2.36. The van der Waals surface area contributed by atoms with Crippen molar-refractivity contribution in [1.82, 2.24) is 0 Å². The standard InChI is InChI=1S/C24H19BrN2O4/c1-2-30-23-13-19(12-20(15-26)18-8-10-21(11-9-18)27(28)29)22(25)14-24(23)31-16-17-6-4-3-5-7-17/h3-14H,2,16H2,1H3/b20-12-. The molecule has 31 heavy (non-hydrogen) atoms. The fraction of sp³-hybridized carbons (Fsp3) is 0.125. The van der Waals surface area contributed by atoms with E-state index in [0.29, 0.717) is 35.8 Å². The lowest BCUT2D eigenvalue weighted by Gasteiger charge is -2.14. The Morgan fingerprint density at radius 1 is 1.10 bits per heavy atom. The number of hydrogen-bond donors (Lipinski definition) is 0. The van der Waals surface area contributed by atoms with Crippen molar-refractivity contribution >= 4 is 33.3 Å². The number of hydrogen-bond acceptors (Lipinski definition) is 5. The van der Waals surface area contributed by atoms with Gasteiger partial charge < -0.3 is 9.47 Å². The van der Waals surface area contributed by atoms with E-state index >= 15 is 0 Å². The molecule has 0 bridgehead atoms. The lowest BCUT2D eigenvalue weighted by atomic mass is 10.0. The molecule has 3 aromatic rings. The largest absolute Gasteiger partial charge is 0.490 e. The molecule has 0 N–H and O–H groups in total. The van der Waals surface area contributed by atoms with Crippen LogP contribution in [-0.2, 0) is 6.61 Å². The fourth-order valence-corrected chi connectivity index (χ4v) is 3.31. The number of nitro groups is 1. The van der Waals surface area contributed by atoms with Crippen molar-refractivity contribution in [3.05, 3.63) is 98.0 Å². The zero-order chi connectivity index (χ0) is 22.2. The lowest BCUT2D eigenvalue weighted by molar-refractivity contribution is -0.384. The Labute approximate surface area is 188 Å². The normalized spacial score (nSPS) is 10.9. The molecule has 0 spiro atoms. The molecule has 0 atom stereocenters. The van der Waals surface area contributed by atoms with Crippen molar-refractivity contribution in [2.24, 2.45) is 0 Å². The number of non-ortho nitro benzene ring substituents is 1. The minimum absolute atomic E-state index is 0.0271. The topological polar surface area (TPSA) is 85.4 Å². The van der Waals surface area contributed by atoms with E-state index < -0.39 is 4.92 Å². The third kappa shape index (κ3) is 5.71. The summed E-state index contributed by atoms with van der Waals surface area (Å²) in [5.41, 5.74) is 2.69. The van der Waals surface area contributed by atoms with Gasteiger partial charge in [0.05, 0.1) is 23.2 Å². The van der Waals surface area contributed by atoms with Gasteiger partial charge >= 0.3 is 0 Å². The van der Waals surface area contributed by atoms with Crippen LogP contribution in [0.3, 0.4) is 0 Å². The molecule has 0 aliphatic carbocycles. The van der Waals surface area contributed by atoms with Crippen LogP contribution in [0, 0.1) is 21.4 Å². The molecule has 7 heteroatoms. The molecule has 6 nitrogen and oxygen atoms in total. The van der Waals surface area contributed by atoms with Crippen LogP contribution in [0.25, 0.3) is 11.6 Å². The molecule has 0 saturated carbocycles. The predicted octanol–water partition coefficient (Wildman–Crippen LogP) is 6.40. The number of nitriles is 1. The number of nitro benzene ring substituents is 1. The van der Waals surface area contributed by atoms with Gasteiger partial charge in [-0.2, -0.15) is 5.26 Å². The summed E-state index contributed by atoms with van der Waals surface area (Å²) < 4.78 is 12.4. The molecule has 0 aromatic heterocycles. The maximum absolute atomic E-state index is 10.9. The molecule has 3 rings (SSSR count). The summed E-state index contributed by atoms with van der Waals surface area (Å²) in [6, 6.07) is 21.5. The van der Waals surface area contributed by atoms with Crippen molar-refractivity contribution in [3.63, 3.8) is 0 Å². The average molecular weight is 479 g/mol. The van der Waals surface area contributed by atoms with E-state index in [4.69, 9.17) is 9.47 Å². The summed E-state index contributed by atoms with van der Waals surface area (Å²) in [5, 5.41) is 20.5. The van der Waals surface area contributed by atoms with Crippen LogP contribution in [0.15, 0.2) is 71.2 Å². The zero-order valence-electron chi connectivity index (χ0n) is 16.7. The van der Waals surface area contributed by atoms with E-state index in [1.54, 1.807) is 24.3 Å². The van der Waals surface area contributed by atoms with Gasteiger partial charge in [0.15, 0.2) is 11.5 Å². The molecule has 0 unspecified atom stereocenters. The summed E-state index contributed by atoms with van der Waals surface area (Å²) in [5.74, 6) is 1.15. The first-order chi connectivity index (χ1) is 15.0. The Hall–Kier alpha value is -3.63. The monoisotopic (exact) mass is 478 g/mol. The second kappa shape index (κ2) is 10.4. The van der Waals surface area contributed by atoms with Crippen molar-refractivity contribution < 1.29 is 14.4 Å². The summed E-state index contributed by atoms with van der Waals surface area (Å²) >= 11 is 3.54. The van der Waals surface area contributed by atoms with Crippen molar-refractivity contribution in [2.45, 2.75) is 13.5 Å². The number of benzene rings is 3. The van der Waals surface area contributed by atoms with Crippen LogP contribution in [-0.4, -0.2) is 11.5 Å². The van der Waals surface area contributed by atoms with Gasteiger partial charge in [0.1, 0.15) is 6.61 Å². The number of nitrogens with zero attached hydrogens (tertiary/aromatic N) is 2. The number of allylic oxidation sites excluding steroid dienone is 1. The molecule has 0 saturated heterocycles. The highest BCUT2D eigenvalue weighted by molar-refractivity contribution is 9.10. The molecule has 0 amide bonds. The third-order valence-corrected chi connectivity index (χ3v) is 5.10. The highest BCUT2D eigenvalue weighted by atomic mass is 79.9. The molecule has 0 radical (unpaired) electrons. The maximum atomic E-state index is 10.9. The van der Waals surface area contributed by atoms with E-state index in [-0.39, 0.29) is 5.69 Å². The molecule has 0 aliphatic heterocycles. The Morgan fingerprint density at radius 2 is 1.77 bits per heavy atom. The summed E-state index contributed by atoms with van der Waals surface area (Å²) in [6.07, 6.45) is 1.70.